The van der Waals surface area contributed by atoms with Gasteiger partial charge in [0.25, 0.3) is 0 Å². The first kappa shape index (κ1) is 73.2. The van der Waals surface area contributed by atoms with E-state index in [1.54, 1.807) is 0 Å². The third-order valence-corrected chi connectivity index (χ3v) is 17.2. The lowest BCUT2D eigenvalue weighted by atomic mass is 9.97. The van der Waals surface area contributed by atoms with E-state index in [1.165, 1.54) is 324 Å². The van der Waals surface area contributed by atoms with Crippen molar-refractivity contribution in [3.8, 4) is 11.8 Å². The zero-order valence-corrected chi connectivity index (χ0v) is 54.7. The lowest BCUT2D eigenvalue weighted by molar-refractivity contribution is 0.520. The molecule has 0 N–H and O–H groups in total. The van der Waals surface area contributed by atoms with Crippen LogP contribution in [0.1, 0.15) is 385 Å². The van der Waals surface area contributed by atoms with Crippen molar-refractivity contribution < 1.29 is 0 Å². The molecule has 0 unspecified atom stereocenters. The Kier molecular flexibility index (Phi) is 51.7. The van der Waals surface area contributed by atoms with Crippen LogP contribution in [0.5, 0.6) is 0 Å². The van der Waals surface area contributed by atoms with Gasteiger partial charge in [-0.05, 0) is 129 Å². The molecule has 80 heavy (non-hydrogen) atoms. The molecule has 0 aliphatic heterocycles. The van der Waals surface area contributed by atoms with Gasteiger partial charge >= 0.3 is 0 Å². The molecule has 0 saturated carbocycles. The second-order valence-electron chi connectivity index (χ2n) is 25.0. The average Bonchev–Trinajstić information content (AvgIpc) is 3.50. The SMILES string of the molecule is CCCCCCCCCCCCCCCCCCCCCC=CC(=Nc1ccc(CCCC)c(CCCC)c1)C(C#CCCCCCCCCCCCCCCCCCCCCCCC)=Nc1ccc(CCCC)c(CCCC)c1. The van der Waals surface area contributed by atoms with Gasteiger partial charge in [0.15, 0.2) is 0 Å². The highest BCUT2D eigenvalue weighted by molar-refractivity contribution is 6.53. The molecule has 2 aromatic rings. The van der Waals surface area contributed by atoms with E-state index >= 15 is 0 Å². The van der Waals surface area contributed by atoms with Gasteiger partial charge in [0.2, 0.25) is 0 Å². The first-order valence-corrected chi connectivity index (χ1v) is 36.2. The molecule has 0 aromatic heterocycles. The van der Waals surface area contributed by atoms with Gasteiger partial charge in [-0.1, -0.05) is 335 Å². The summed E-state index contributed by atoms with van der Waals surface area (Å²) in [6.07, 6.45) is 77.4. The zero-order valence-electron chi connectivity index (χ0n) is 54.7. The quantitative estimate of drug-likeness (QED) is 0.0358. The normalized spacial score (nSPS) is 12.1. The minimum atomic E-state index is 0.825. The van der Waals surface area contributed by atoms with E-state index in [4.69, 9.17) is 9.98 Å². The summed E-state index contributed by atoms with van der Waals surface area (Å²) >= 11 is 0. The summed E-state index contributed by atoms with van der Waals surface area (Å²) in [7, 11) is 0. The summed E-state index contributed by atoms with van der Waals surface area (Å²) in [4.78, 5) is 11.0. The second kappa shape index (κ2) is 56.6. The van der Waals surface area contributed by atoms with Crippen molar-refractivity contribution in [2.75, 3.05) is 0 Å². The predicted octanol–water partition coefficient (Wildman–Crippen LogP) is 26.9. The summed E-state index contributed by atoms with van der Waals surface area (Å²) in [5.74, 6) is 7.34. The van der Waals surface area contributed by atoms with Gasteiger partial charge in [0.1, 0.15) is 5.71 Å². The number of benzene rings is 2. The van der Waals surface area contributed by atoms with E-state index in [0.717, 1.165) is 67.7 Å². The molecular formula is C78H134N2. The largest absolute Gasteiger partial charge is 0.246 e. The fourth-order valence-corrected chi connectivity index (χ4v) is 11.7. The van der Waals surface area contributed by atoms with Gasteiger partial charge in [0.05, 0.1) is 17.1 Å². The van der Waals surface area contributed by atoms with E-state index in [9.17, 15) is 0 Å². The zero-order chi connectivity index (χ0) is 57.3. The van der Waals surface area contributed by atoms with Crippen LogP contribution in [0.4, 0.5) is 11.4 Å². The first-order valence-electron chi connectivity index (χ1n) is 36.2. The smallest absolute Gasteiger partial charge is 0.139 e. The van der Waals surface area contributed by atoms with Crippen LogP contribution in [-0.2, 0) is 25.7 Å². The number of allylic oxidation sites excluding steroid dienone is 2. The van der Waals surface area contributed by atoms with Crippen LogP contribution in [0.25, 0.3) is 0 Å². The minimum absolute atomic E-state index is 0.825. The van der Waals surface area contributed by atoms with Crippen molar-refractivity contribution in [2.45, 2.75) is 388 Å². The molecule has 2 nitrogen and oxygen atoms in total. The van der Waals surface area contributed by atoms with Crippen molar-refractivity contribution in [1.82, 2.24) is 0 Å². The fraction of sp³-hybridized carbons (Fsp3) is 0.769. The van der Waals surface area contributed by atoms with Gasteiger partial charge in [-0.15, -0.1) is 0 Å². The topological polar surface area (TPSA) is 24.7 Å². The van der Waals surface area contributed by atoms with Crippen LogP contribution in [0.2, 0.25) is 0 Å². The molecule has 0 aliphatic carbocycles. The highest BCUT2D eigenvalue weighted by Gasteiger charge is 2.11. The third-order valence-electron chi connectivity index (χ3n) is 17.2. The molecule has 2 rings (SSSR count). The lowest BCUT2D eigenvalue weighted by Gasteiger charge is -2.12. The predicted molar refractivity (Wildman–Crippen MR) is 364 cm³/mol. The van der Waals surface area contributed by atoms with Crippen molar-refractivity contribution in [3.05, 3.63) is 70.8 Å². The minimum Gasteiger partial charge on any atom is -0.246 e. The number of aryl methyl sites for hydroxylation is 4. The fourth-order valence-electron chi connectivity index (χ4n) is 11.7. The Labute approximate surface area is 501 Å². The average molecular weight is 1100 g/mol. The van der Waals surface area contributed by atoms with Crippen molar-refractivity contribution >= 4 is 22.8 Å². The maximum absolute atomic E-state index is 5.50. The Hall–Kier alpha value is -2.92. The summed E-state index contributed by atoms with van der Waals surface area (Å²) in [6.45, 7) is 13.9. The van der Waals surface area contributed by atoms with Gasteiger partial charge < -0.3 is 0 Å². The number of hydrogen-bond acceptors (Lipinski definition) is 2. The van der Waals surface area contributed by atoms with E-state index in [-0.39, 0.29) is 0 Å². The van der Waals surface area contributed by atoms with Crippen LogP contribution in [0, 0.1) is 11.8 Å². The maximum Gasteiger partial charge on any atom is 0.139 e. The second-order valence-corrected chi connectivity index (χ2v) is 25.0. The number of aliphatic imine (C=N–C) groups is 2. The van der Waals surface area contributed by atoms with Crippen LogP contribution >= 0.6 is 0 Å². The summed E-state index contributed by atoms with van der Waals surface area (Å²) in [5, 5.41) is 0. The summed E-state index contributed by atoms with van der Waals surface area (Å²) < 4.78 is 0. The van der Waals surface area contributed by atoms with Gasteiger partial charge in [-0.25, -0.2) is 9.98 Å². The third kappa shape index (κ3) is 42.0. The Morgan fingerprint density at radius 3 is 0.938 bits per heavy atom. The lowest BCUT2D eigenvalue weighted by Crippen LogP contribution is -2.10. The van der Waals surface area contributed by atoms with Gasteiger partial charge in [-0.2, -0.15) is 0 Å². The van der Waals surface area contributed by atoms with Gasteiger partial charge in [0, 0.05) is 6.42 Å². The molecule has 0 radical (unpaired) electrons. The number of nitrogens with zero attached hydrogens (tertiary/aromatic N) is 2. The molecule has 0 heterocycles. The Balaban J connectivity index is 2.07. The molecule has 456 valence electrons. The number of rotatable bonds is 57. The highest BCUT2D eigenvalue weighted by atomic mass is 14.8. The molecule has 0 saturated heterocycles. The number of hydrogen-bond donors (Lipinski definition) is 0. The molecule has 2 aromatic carbocycles. The standard InChI is InChI=1S/C78H134N2/c1-7-13-19-21-23-25-27-29-31-33-35-37-38-40-42-44-46-48-50-52-54-56-58-64-78(80-76-68-66-72(60-16-10-4)74(70-76)62-18-12-6)77(79-75-67-65-71(59-15-9-3)73(69-75)61-17-11-5)63-57-55-53-51-49-47-45-43-41-39-36-34-32-30-28-26-24-22-20-14-8-2/h57,63,65-70H,7-56,59-62H2,1-6H3. The van der Waals surface area contributed by atoms with E-state index in [2.05, 4.69) is 102 Å². The van der Waals surface area contributed by atoms with Gasteiger partial charge in [-0.3, -0.25) is 0 Å². The molecular weight excluding hydrogens is 965 g/mol. The first-order chi connectivity index (χ1) is 39.6. The van der Waals surface area contributed by atoms with Crippen LogP contribution in [0.3, 0.4) is 0 Å². The van der Waals surface area contributed by atoms with Crippen molar-refractivity contribution in [1.29, 1.82) is 0 Å². The molecule has 0 amide bonds. The van der Waals surface area contributed by atoms with Crippen molar-refractivity contribution in [3.63, 3.8) is 0 Å². The maximum atomic E-state index is 5.50. The molecule has 0 spiro atoms. The number of unbranched alkanes of at least 4 members (excludes halogenated alkanes) is 44. The Bertz CT molecular complexity index is 1830. The van der Waals surface area contributed by atoms with E-state index < -0.39 is 0 Å². The van der Waals surface area contributed by atoms with E-state index in [0.29, 0.717) is 0 Å². The Morgan fingerprint density at radius 2 is 0.600 bits per heavy atom. The van der Waals surface area contributed by atoms with Crippen LogP contribution in [-0.4, -0.2) is 11.4 Å². The monoisotopic (exact) mass is 1100 g/mol. The molecule has 0 aliphatic rings. The van der Waals surface area contributed by atoms with Crippen molar-refractivity contribution in [2.24, 2.45) is 9.98 Å². The van der Waals surface area contributed by atoms with Crippen LogP contribution < -0.4 is 0 Å². The van der Waals surface area contributed by atoms with E-state index in [1.807, 2.05) is 0 Å². The van der Waals surface area contributed by atoms with Crippen LogP contribution in [0.15, 0.2) is 58.5 Å². The molecule has 2 heteroatoms. The highest BCUT2D eigenvalue weighted by Crippen LogP contribution is 2.26. The molecule has 0 atom stereocenters. The summed E-state index contributed by atoms with van der Waals surface area (Å²) in [6, 6.07) is 14.0. The molecule has 0 bridgehead atoms. The molecule has 0 fully saturated rings. The summed E-state index contributed by atoms with van der Waals surface area (Å²) in [5.41, 5.74) is 9.74. The Morgan fingerprint density at radius 1 is 0.312 bits per heavy atom.